The Labute approximate surface area is 136 Å². The van der Waals surface area contributed by atoms with Crippen LogP contribution < -0.4 is 10.6 Å². The fourth-order valence-corrected chi connectivity index (χ4v) is 1.80. The molecule has 0 aliphatic heterocycles. The van der Waals surface area contributed by atoms with Crippen molar-refractivity contribution in [1.29, 1.82) is 0 Å². The molecule has 1 rings (SSSR count). The van der Waals surface area contributed by atoms with Gasteiger partial charge in [0.05, 0.1) is 17.9 Å². The Morgan fingerprint density at radius 2 is 1.83 bits per heavy atom. The van der Waals surface area contributed by atoms with Gasteiger partial charge in [-0.1, -0.05) is 12.1 Å². The summed E-state index contributed by atoms with van der Waals surface area (Å²) in [6.45, 7) is 3.12. The van der Waals surface area contributed by atoms with Crippen molar-refractivity contribution in [2.45, 2.75) is 13.3 Å². The number of benzene rings is 1. The third kappa shape index (κ3) is 6.92. The molecule has 0 aromatic heterocycles. The topological polar surface area (TPSA) is 87.7 Å². The van der Waals surface area contributed by atoms with Gasteiger partial charge in [-0.15, -0.1) is 0 Å². The molecule has 0 fully saturated rings. The van der Waals surface area contributed by atoms with Crippen LogP contribution in [0, 0.1) is 0 Å². The van der Waals surface area contributed by atoms with Crippen molar-refractivity contribution in [2.24, 2.45) is 0 Å². The van der Waals surface area contributed by atoms with E-state index in [9.17, 15) is 14.4 Å². The van der Waals surface area contributed by atoms with Gasteiger partial charge in [-0.2, -0.15) is 0 Å². The molecule has 0 heterocycles. The Morgan fingerprint density at radius 1 is 1.13 bits per heavy atom. The van der Waals surface area contributed by atoms with Crippen molar-refractivity contribution >= 4 is 23.5 Å². The first kappa shape index (κ1) is 18.6. The molecule has 2 N–H and O–H groups in total. The summed E-state index contributed by atoms with van der Waals surface area (Å²) in [6, 6.07) is 6.52. The van der Waals surface area contributed by atoms with Crippen LogP contribution in [0.3, 0.4) is 0 Å². The highest BCUT2D eigenvalue weighted by Gasteiger charge is 2.15. The molecule has 0 aliphatic carbocycles. The van der Waals surface area contributed by atoms with E-state index in [1.54, 1.807) is 31.2 Å². The predicted molar refractivity (Wildman–Crippen MR) is 87.2 cm³/mol. The number of para-hydroxylation sites is 1. The zero-order valence-corrected chi connectivity index (χ0v) is 13.7. The predicted octanol–water partition coefficient (Wildman–Crippen LogP) is 0.870. The van der Waals surface area contributed by atoms with Gasteiger partial charge in [0.25, 0.3) is 0 Å². The highest BCUT2D eigenvalue weighted by atomic mass is 16.5. The first-order valence-electron chi connectivity index (χ1n) is 7.41. The van der Waals surface area contributed by atoms with Crippen molar-refractivity contribution in [3.63, 3.8) is 0 Å². The number of ether oxygens (including phenoxy) is 1. The normalized spacial score (nSPS) is 10.3. The quantitative estimate of drug-likeness (QED) is 0.548. The van der Waals surface area contributed by atoms with Gasteiger partial charge in [0.15, 0.2) is 0 Å². The van der Waals surface area contributed by atoms with Crippen LogP contribution in [0.25, 0.3) is 0 Å². The zero-order valence-electron chi connectivity index (χ0n) is 13.7. The summed E-state index contributed by atoms with van der Waals surface area (Å²) >= 11 is 0. The average Bonchev–Trinajstić information content (AvgIpc) is 2.47. The Hall–Kier alpha value is -2.41. The summed E-state index contributed by atoms with van der Waals surface area (Å²) in [5.41, 5.74) is 0.591. The number of likely N-dealkylation sites (N-methyl/N-ethyl adjacent to an activating group) is 1. The highest BCUT2D eigenvalue weighted by Crippen LogP contribution is 2.16. The smallest absolute Gasteiger partial charge is 0.340 e. The Kier molecular flexibility index (Phi) is 7.76. The number of nitrogens with zero attached hydrogens (tertiary/aromatic N) is 1. The lowest BCUT2D eigenvalue weighted by molar-refractivity contribution is -0.126. The summed E-state index contributed by atoms with van der Waals surface area (Å²) < 4.78 is 4.93. The fraction of sp³-hybridized carbons (Fsp3) is 0.438. The maximum atomic E-state index is 11.9. The number of carbonyl (C=O) groups is 3. The van der Waals surface area contributed by atoms with Crippen LogP contribution in [0.5, 0.6) is 0 Å². The lowest BCUT2D eigenvalue weighted by atomic mass is 10.1. The van der Waals surface area contributed by atoms with Crippen LogP contribution in [0.4, 0.5) is 5.69 Å². The Bertz CT molecular complexity index is 558. The van der Waals surface area contributed by atoms with Gasteiger partial charge in [0, 0.05) is 13.1 Å². The zero-order chi connectivity index (χ0) is 17.2. The van der Waals surface area contributed by atoms with Crippen molar-refractivity contribution in [3.8, 4) is 0 Å². The van der Waals surface area contributed by atoms with Gasteiger partial charge in [-0.3, -0.25) is 9.59 Å². The minimum atomic E-state index is -0.515. The van der Waals surface area contributed by atoms with Gasteiger partial charge in [-0.05, 0) is 33.2 Å². The number of esters is 1. The number of amides is 2. The monoisotopic (exact) mass is 321 g/mol. The van der Waals surface area contributed by atoms with Gasteiger partial charge in [-0.25, -0.2) is 4.79 Å². The molecule has 1 aromatic carbocycles. The fourth-order valence-electron chi connectivity index (χ4n) is 1.80. The lowest BCUT2D eigenvalue weighted by Gasteiger charge is -2.11. The van der Waals surface area contributed by atoms with Crippen LogP contribution in [-0.4, -0.2) is 56.5 Å². The molecule has 0 atom stereocenters. The molecule has 2 amide bonds. The van der Waals surface area contributed by atoms with Gasteiger partial charge < -0.3 is 20.3 Å². The maximum absolute atomic E-state index is 11.9. The second kappa shape index (κ2) is 9.58. The molecule has 23 heavy (non-hydrogen) atoms. The van der Waals surface area contributed by atoms with Crippen molar-refractivity contribution in [1.82, 2.24) is 10.2 Å². The van der Waals surface area contributed by atoms with Crippen LogP contribution >= 0.6 is 0 Å². The van der Waals surface area contributed by atoms with Gasteiger partial charge >= 0.3 is 5.97 Å². The van der Waals surface area contributed by atoms with E-state index in [1.165, 1.54) is 0 Å². The number of anilines is 1. The molecule has 126 valence electrons. The number of nitrogens with one attached hydrogen (secondary N) is 2. The SMILES string of the molecule is CCOC(=O)c1ccccc1NC(=O)CC(=O)NCCN(C)C. The minimum Gasteiger partial charge on any atom is -0.462 e. The van der Waals surface area contributed by atoms with Gasteiger partial charge in [0.1, 0.15) is 6.42 Å². The van der Waals surface area contributed by atoms with E-state index in [1.807, 2.05) is 19.0 Å². The number of carbonyl (C=O) groups excluding carboxylic acids is 3. The molecule has 0 spiro atoms. The maximum Gasteiger partial charge on any atom is 0.340 e. The van der Waals surface area contributed by atoms with Crippen LogP contribution in [0.15, 0.2) is 24.3 Å². The van der Waals surface area contributed by atoms with E-state index in [0.717, 1.165) is 0 Å². The Morgan fingerprint density at radius 3 is 2.48 bits per heavy atom. The van der Waals surface area contributed by atoms with E-state index in [-0.39, 0.29) is 24.5 Å². The first-order valence-corrected chi connectivity index (χ1v) is 7.41. The van der Waals surface area contributed by atoms with E-state index < -0.39 is 11.9 Å². The molecular weight excluding hydrogens is 298 g/mol. The van der Waals surface area contributed by atoms with E-state index in [2.05, 4.69) is 10.6 Å². The molecule has 0 saturated heterocycles. The molecule has 0 saturated carbocycles. The van der Waals surface area contributed by atoms with Crippen molar-refractivity contribution in [3.05, 3.63) is 29.8 Å². The van der Waals surface area contributed by atoms with Gasteiger partial charge in [0.2, 0.25) is 11.8 Å². The van der Waals surface area contributed by atoms with E-state index in [4.69, 9.17) is 4.74 Å². The lowest BCUT2D eigenvalue weighted by Crippen LogP contribution is -2.33. The third-order valence-corrected chi connectivity index (χ3v) is 2.90. The number of rotatable bonds is 8. The Balaban J connectivity index is 2.57. The minimum absolute atomic E-state index is 0.245. The second-order valence-electron chi connectivity index (χ2n) is 5.14. The first-order chi connectivity index (χ1) is 10.9. The van der Waals surface area contributed by atoms with E-state index >= 15 is 0 Å². The average molecular weight is 321 g/mol. The molecular formula is C16H23N3O4. The molecule has 0 bridgehead atoms. The van der Waals surface area contributed by atoms with Crippen molar-refractivity contribution in [2.75, 3.05) is 39.1 Å². The van der Waals surface area contributed by atoms with Crippen LogP contribution in [-0.2, 0) is 14.3 Å². The summed E-state index contributed by atoms with van der Waals surface area (Å²) in [7, 11) is 3.79. The van der Waals surface area contributed by atoms with E-state index in [0.29, 0.717) is 18.8 Å². The highest BCUT2D eigenvalue weighted by molar-refractivity contribution is 6.06. The summed E-state index contributed by atoms with van der Waals surface area (Å²) in [5.74, 6) is -1.36. The molecule has 1 aromatic rings. The summed E-state index contributed by atoms with van der Waals surface area (Å²) in [5, 5.41) is 5.22. The van der Waals surface area contributed by atoms with Crippen LogP contribution in [0.1, 0.15) is 23.7 Å². The summed E-state index contributed by atoms with van der Waals surface area (Å²) in [4.78, 5) is 37.3. The largest absolute Gasteiger partial charge is 0.462 e. The van der Waals surface area contributed by atoms with Crippen molar-refractivity contribution < 1.29 is 19.1 Å². The summed E-state index contributed by atoms with van der Waals surface area (Å²) in [6.07, 6.45) is -0.301. The standard InChI is InChI=1S/C16H23N3O4/c1-4-23-16(22)12-7-5-6-8-13(12)18-15(21)11-14(20)17-9-10-19(2)3/h5-8H,4,9-11H2,1-3H3,(H,17,20)(H,18,21). The molecule has 0 aliphatic rings. The molecule has 7 nitrogen and oxygen atoms in total. The molecule has 7 heteroatoms. The number of hydrogen-bond donors (Lipinski definition) is 2. The molecule has 0 unspecified atom stereocenters. The second-order valence-corrected chi connectivity index (χ2v) is 5.14. The van der Waals surface area contributed by atoms with Crippen LogP contribution in [0.2, 0.25) is 0 Å². The molecule has 0 radical (unpaired) electrons. The number of hydrogen-bond acceptors (Lipinski definition) is 5. The third-order valence-electron chi connectivity index (χ3n) is 2.90.